The van der Waals surface area contributed by atoms with Crippen LogP contribution in [-0.2, 0) is 10.9 Å². The van der Waals surface area contributed by atoms with Crippen molar-refractivity contribution in [3.63, 3.8) is 0 Å². The van der Waals surface area contributed by atoms with E-state index in [1.165, 1.54) is 12.1 Å². The summed E-state index contributed by atoms with van der Waals surface area (Å²) in [4.78, 5) is 13.7. The summed E-state index contributed by atoms with van der Waals surface area (Å²) in [5, 5.41) is 0. The Hall–Kier alpha value is -1.24. The molecule has 2 rings (SSSR count). The molecule has 0 saturated carbocycles. The normalized spacial score (nSPS) is 17.0. The van der Waals surface area contributed by atoms with Gasteiger partial charge in [-0.05, 0) is 63.3 Å². The first-order valence-electron chi connectivity index (χ1n) is 7.82. The summed E-state index contributed by atoms with van der Waals surface area (Å²) in [5.41, 5.74) is -0.554. The topological polar surface area (TPSA) is 29.5 Å². The molecule has 7 heteroatoms. The third kappa shape index (κ3) is 4.88. The van der Waals surface area contributed by atoms with E-state index in [4.69, 9.17) is 4.74 Å². The highest BCUT2D eigenvalue weighted by molar-refractivity contribution is 9.10. The molecule has 1 aromatic carbocycles. The molecule has 1 heterocycles. The number of carbonyl (C=O) groups is 1. The van der Waals surface area contributed by atoms with Crippen molar-refractivity contribution in [3.05, 3.63) is 33.8 Å². The minimum Gasteiger partial charge on any atom is -0.444 e. The van der Waals surface area contributed by atoms with Crippen molar-refractivity contribution in [2.75, 3.05) is 13.1 Å². The average Bonchev–Trinajstić information content (AvgIpc) is 2.45. The van der Waals surface area contributed by atoms with Crippen LogP contribution in [0.15, 0.2) is 22.7 Å². The highest BCUT2D eigenvalue weighted by atomic mass is 79.9. The summed E-state index contributed by atoms with van der Waals surface area (Å²) in [5.74, 6) is -0.0136. The van der Waals surface area contributed by atoms with Gasteiger partial charge in [-0.3, -0.25) is 0 Å². The number of carbonyl (C=O) groups excluding carboxylic acids is 1. The van der Waals surface area contributed by atoms with Crippen LogP contribution in [0.2, 0.25) is 0 Å². The molecule has 0 N–H and O–H groups in total. The number of nitrogens with zero attached hydrogens (tertiary/aromatic N) is 1. The van der Waals surface area contributed by atoms with Gasteiger partial charge in [-0.1, -0.05) is 15.9 Å². The largest absolute Gasteiger partial charge is 0.444 e. The third-order valence-corrected chi connectivity index (χ3v) is 4.63. The summed E-state index contributed by atoms with van der Waals surface area (Å²) < 4.78 is 44.7. The monoisotopic (exact) mass is 407 g/mol. The summed E-state index contributed by atoms with van der Waals surface area (Å²) in [6, 6.07) is 3.72. The maximum Gasteiger partial charge on any atom is 0.416 e. The van der Waals surface area contributed by atoms with Crippen LogP contribution in [0.5, 0.6) is 0 Å². The fraction of sp³-hybridized carbons (Fsp3) is 0.588. The fourth-order valence-corrected chi connectivity index (χ4v) is 3.30. The Morgan fingerprint density at radius 3 is 2.29 bits per heavy atom. The molecule has 0 bridgehead atoms. The number of hydrogen-bond donors (Lipinski definition) is 0. The molecule has 0 unspecified atom stereocenters. The number of alkyl halides is 3. The van der Waals surface area contributed by atoms with Crippen LogP contribution >= 0.6 is 15.9 Å². The summed E-state index contributed by atoms with van der Waals surface area (Å²) in [6.07, 6.45) is -3.51. The van der Waals surface area contributed by atoms with Crippen molar-refractivity contribution in [2.45, 2.75) is 51.3 Å². The Labute approximate surface area is 148 Å². The highest BCUT2D eigenvalue weighted by Crippen LogP contribution is 2.38. The molecule has 1 aliphatic rings. The summed E-state index contributed by atoms with van der Waals surface area (Å²) in [7, 11) is 0. The van der Waals surface area contributed by atoms with E-state index < -0.39 is 17.3 Å². The zero-order valence-corrected chi connectivity index (χ0v) is 15.5. The number of piperidine rings is 1. The second-order valence-corrected chi connectivity index (χ2v) is 7.83. The molecule has 3 nitrogen and oxygen atoms in total. The Morgan fingerprint density at radius 1 is 1.21 bits per heavy atom. The second kappa shape index (κ2) is 6.94. The van der Waals surface area contributed by atoms with Gasteiger partial charge in [0.25, 0.3) is 0 Å². The van der Waals surface area contributed by atoms with Crippen LogP contribution in [0.1, 0.15) is 50.7 Å². The van der Waals surface area contributed by atoms with Gasteiger partial charge in [-0.25, -0.2) is 4.79 Å². The van der Waals surface area contributed by atoms with E-state index >= 15 is 0 Å². The maximum absolute atomic E-state index is 12.9. The molecule has 0 aromatic heterocycles. The molecule has 0 aliphatic carbocycles. The number of benzene rings is 1. The van der Waals surface area contributed by atoms with E-state index in [1.54, 1.807) is 25.7 Å². The molecule has 1 aliphatic heterocycles. The molecule has 0 radical (unpaired) electrons. The van der Waals surface area contributed by atoms with Crippen LogP contribution in [0.3, 0.4) is 0 Å². The van der Waals surface area contributed by atoms with Crippen molar-refractivity contribution >= 4 is 22.0 Å². The number of amides is 1. The van der Waals surface area contributed by atoms with Crippen LogP contribution in [0.4, 0.5) is 18.0 Å². The van der Waals surface area contributed by atoms with Crippen LogP contribution in [0.25, 0.3) is 0 Å². The number of hydrogen-bond acceptors (Lipinski definition) is 2. The van der Waals surface area contributed by atoms with Gasteiger partial charge in [0.05, 0.1) is 5.56 Å². The molecule has 1 fully saturated rings. The van der Waals surface area contributed by atoms with Crippen LogP contribution in [0, 0.1) is 0 Å². The van der Waals surface area contributed by atoms with Gasteiger partial charge in [-0.2, -0.15) is 13.2 Å². The second-order valence-electron chi connectivity index (χ2n) is 6.98. The Balaban J connectivity index is 2.06. The van der Waals surface area contributed by atoms with E-state index in [2.05, 4.69) is 15.9 Å². The van der Waals surface area contributed by atoms with E-state index in [9.17, 15) is 18.0 Å². The van der Waals surface area contributed by atoms with Gasteiger partial charge in [-0.15, -0.1) is 0 Å². The molecule has 0 spiro atoms. The lowest BCUT2D eigenvalue weighted by Gasteiger charge is -2.34. The fourth-order valence-electron chi connectivity index (χ4n) is 2.73. The van der Waals surface area contributed by atoms with Gasteiger partial charge in [0.15, 0.2) is 0 Å². The maximum atomic E-state index is 12.9. The molecular weight excluding hydrogens is 387 g/mol. The van der Waals surface area contributed by atoms with Crippen molar-refractivity contribution in [2.24, 2.45) is 0 Å². The van der Waals surface area contributed by atoms with Crippen molar-refractivity contribution in [3.8, 4) is 0 Å². The molecule has 1 aromatic rings. The van der Waals surface area contributed by atoms with E-state index in [0.717, 1.165) is 6.07 Å². The minimum absolute atomic E-state index is 0.0136. The number of rotatable bonds is 1. The van der Waals surface area contributed by atoms with Gasteiger partial charge in [0.1, 0.15) is 5.60 Å². The average molecular weight is 408 g/mol. The van der Waals surface area contributed by atoms with E-state index in [1.807, 2.05) is 0 Å². The Bertz CT molecular complexity index is 603. The Morgan fingerprint density at radius 2 is 1.79 bits per heavy atom. The first kappa shape index (κ1) is 19.1. The van der Waals surface area contributed by atoms with E-state index in [0.29, 0.717) is 36.0 Å². The number of likely N-dealkylation sites (tertiary alicyclic amines) is 1. The number of ether oxygens (including phenoxy) is 1. The van der Waals surface area contributed by atoms with Gasteiger partial charge >= 0.3 is 12.3 Å². The van der Waals surface area contributed by atoms with Crippen molar-refractivity contribution < 1.29 is 22.7 Å². The first-order valence-corrected chi connectivity index (χ1v) is 8.61. The summed E-state index contributed by atoms with van der Waals surface area (Å²) >= 11 is 3.34. The Kier molecular flexibility index (Phi) is 5.52. The molecule has 1 amide bonds. The van der Waals surface area contributed by atoms with Crippen molar-refractivity contribution in [1.82, 2.24) is 4.90 Å². The summed E-state index contributed by atoms with van der Waals surface area (Å²) in [6.45, 7) is 6.36. The highest BCUT2D eigenvalue weighted by Gasteiger charge is 2.33. The zero-order valence-electron chi connectivity index (χ0n) is 13.9. The van der Waals surface area contributed by atoms with Gasteiger partial charge in [0.2, 0.25) is 0 Å². The lowest BCUT2D eigenvalue weighted by molar-refractivity contribution is -0.137. The van der Waals surface area contributed by atoms with Crippen LogP contribution < -0.4 is 0 Å². The minimum atomic E-state index is -4.35. The van der Waals surface area contributed by atoms with Gasteiger partial charge < -0.3 is 9.64 Å². The third-order valence-electron chi connectivity index (χ3n) is 3.91. The smallest absolute Gasteiger partial charge is 0.416 e. The van der Waals surface area contributed by atoms with E-state index in [-0.39, 0.29) is 12.0 Å². The van der Waals surface area contributed by atoms with Crippen LogP contribution in [-0.4, -0.2) is 29.7 Å². The SMILES string of the molecule is CC(C)(C)OC(=O)N1CCC(c2cc(C(F)(F)F)ccc2Br)CC1. The molecule has 134 valence electrons. The quantitative estimate of drug-likeness (QED) is 0.607. The predicted molar refractivity (Wildman–Crippen MR) is 88.9 cm³/mol. The predicted octanol–water partition coefficient (Wildman–Crippen LogP) is 5.58. The molecule has 1 saturated heterocycles. The standard InChI is InChI=1S/C17H21BrF3NO2/c1-16(2,3)24-15(23)22-8-6-11(7-9-22)13-10-12(17(19,20)21)4-5-14(13)18/h4-5,10-11H,6-9H2,1-3H3. The lowest BCUT2D eigenvalue weighted by Crippen LogP contribution is -2.41. The van der Waals surface area contributed by atoms with Gasteiger partial charge in [0, 0.05) is 17.6 Å². The van der Waals surface area contributed by atoms with Crippen molar-refractivity contribution in [1.29, 1.82) is 0 Å². The molecule has 0 atom stereocenters. The first-order chi connectivity index (χ1) is 11.0. The number of halogens is 4. The zero-order chi connectivity index (χ0) is 18.1. The molecular formula is C17H21BrF3NO2. The molecule has 24 heavy (non-hydrogen) atoms. The lowest BCUT2D eigenvalue weighted by atomic mass is 9.88.